The van der Waals surface area contributed by atoms with Gasteiger partial charge in [0, 0.05) is 11.1 Å². The first-order valence-corrected chi connectivity index (χ1v) is 9.61. The number of benzene rings is 1. The molecule has 1 amide bonds. The summed E-state index contributed by atoms with van der Waals surface area (Å²) in [4.78, 5) is 12.6. The van der Waals surface area contributed by atoms with Gasteiger partial charge in [0.25, 0.3) is 0 Å². The van der Waals surface area contributed by atoms with Gasteiger partial charge < -0.3 is 40.0 Å². The summed E-state index contributed by atoms with van der Waals surface area (Å²) in [5, 5.41) is 43.1. The molecule has 2 aliphatic rings. The van der Waals surface area contributed by atoms with Crippen molar-refractivity contribution in [2.45, 2.75) is 50.1 Å². The Morgan fingerprint density at radius 1 is 1.23 bits per heavy atom. The van der Waals surface area contributed by atoms with Crippen LogP contribution in [0.2, 0.25) is 0 Å². The average molecular weight is 421 g/mol. The van der Waals surface area contributed by atoms with Crippen molar-refractivity contribution >= 4 is 12.0 Å². The topological polar surface area (TPSA) is 138 Å². The van der Waals surface area contributed by atoms with Gasteiger partial charge in [0.05, 0.1) is 12.6 Å². The van der Waals surface area contributed by atoms with Gasteiger partial charge in [-0.25, -0.2) is 0 Å². The van der Waals surface area contributed by atoms with Gasteiger partial charge in [0.15, 0.2) is 0 Å². The molecule has 0 unspecified atom stereocenters. The summed E-state index contributed by atoms with van der Waals surface area (Å²) >= 11 is 0. The van der Waals surface area contributed by atoms with Gasteiger partial charge in [-0.15, -0.1) is 0 Å². The Balaban J connectivity index is 1.72. The van der Waals surface area contributed by atoms with E-state index in [1.165, 1.54) is 0 Å². The molecule has 0 aromatic heterocycles. The standard InChI is InChI=1S/C21H27NO8/c1-3-6-28-14-5-4-12(8-13(14)9-23)7-11(2)21(27)22-15-16(24)18(26)20-19(17(15)25)29-10-30-20/h3-5,7-8,15-20,23-26H,1,6,9-10H2,2H3,(H,22,27)/b11-7-/t15-,16+,17-,18-,19+,20-/m1/s1. The SMILES string of the molecule is C=CCOc1ccc(/C=C(/C)C(=O)N[C@@H]2[C@H](O)[C@@H](O)[C@H]3OCO[C@H]3[C@@H]2O)cc1CO. The molecular weight excluding hydrogens is 394 g/mol. The van der Waals surface area contributed by atoms with Crippen molar-refractivity contribution in [2.24, 2.45) is 0 Å². The van der Waals surface area contributed by atoms with Crippen LogP contribution < -0.4 is 10.1 Å². The summed E-state index contributed by atoms with van der Waals surface area (Å²) in [6.45, 7) is 5.12. The predicted molar refractivity (Wildman–Crippen MR) is 106 cm³/mol. The summed E-state index contributed by atoms with van der Waals surface area (Å²) in [5.41, 5.74) is 1.53. The highest BCUT2D eigenvalue weighted by Gasteiger charge is 2.53. The predicted octanol–water partition coefficient (Wildman–Crippen LogP) is -0.530. The summed E-state index contributed by atoms with van der Waals surface area (Å²) in [6, 6.07) is 3.99. The van der Waals surface area contributed by atoms with Crippen LogP contribution in [0.5, 0.6) is 5.75 Å². The van der Waals surface area contributed by atoms with E-state index in [1.54, 1.807) is 37.3 Å². The summed E-state index contributed by atoms with van der Waals surface area (Å²) in [5.74, 6) is -0.00683. The molecule has 30 heavy (non-hydrogen) atoms. The van der Waals surface area contributed by atoms with E-state index in [-0.39, 0.29) is 13.4 Å². The fourth-order valence-corrected chi connectivity index (χ4v) is 3.64. The minimum absolute atomic E-state index is 0.102. The van der Waals surface area contributed by atoms with Gasteiger partial charge in [-0.1, -0.05) is 18.7 Å². The van der Waals surface area contributed by atoms with Crippen molar-refractivity contribution in [2.75, 3.05) is 13.4 Å². The molecule has 0 spiro atoms. The molecule has 1 saturated heterocycles. The third-order valence-electron chi connectivity index (χ3n) is 5.25. The fourth-order valence-electron chi connectivity index (χ4n) is 3.64. The Labute approximate surface area is 174 Å². The minimum Gasteiger partial charge on any atom is -0.489 e. The minimum atomic E-state index is -1.41. The zero-order valence-electron chi connectivity index (χ0n) is 16.6. The lowest BCUT2D eigenvalue weighted by atomic mass is 9.83. The van der Waals surface area contributed by atoms with Crippen molar-refractivity contribution < 1.29 is 39.4 Å². The van der Waals surface area contributed by atoms with E-state index in [2.05, 4.69) is 11.9 Å². The molecule has 1 saturated carbocycles. The van der Waals surface area contributed by atoms with E-state index < -0.39 is 42.5 Å². The number of aliphatic hydroxyl groups is 4. The first kappa shape index (κ1) is 22.4. The molecule has 1 heterocycles. The lowest BCUT2D eigenvalue weighted by Crippen LogP contribution is -2.67. The summed E-state index contributed by atoms with van der Waals surface area (Å²) in [6.07, 6.45) is -2.45. The quantitative estimate of drug-likeness (QED) is 0.293. The van der Waals surface area contributed by atoms with Gasteiger partial charge in [-0.05, 0) is 30.7 Å². The lowest BCUT2D eigenvalue weighted by molar-refractivity contribution is -0.155. The Morgan fingerprint density at radius 2 is 1.93 bits per heavy atom. The largest absolute Gasteiger partial charge is 0.489 e. The smallest absolute Gasteiger partial charge is 0.247 e. The van der Waals surface area contributed by atoms with Crippen LogP contribution in [0.1, 0.15) is 18.1 Å². The molecule has 0 radical (unpaired) electrons. The van der Waals surface area contributed by atoms with Crippen LogP contribution in [0.25, 0.3) is 6.08 Å². The van der Waals surface area contributed by atoms with Crippen molar-refractivity contribution in [1.29, 1.82) is 0 Å². The molecule has 9 nitrogen and oxygen atoms in total. The molecule has 164 valence electrons. The number of aliphatic hydroxyl groups excluding tert-OH is 4. The van der Waals surface area contributed by atoms with Crippen molar-refractivity contribution in [3.8, 4) is 5.75 Å². The number of rotatable bonds is 7. The highest BCUT2D eigenvalue weighted by Crippen LogP contribution is 2.30. The fraction of sp³-hybridized carbons (Fsp3) is 0.476. The van der Waals surface area contributed by atoms with Crippen LogP contribution in [0, 0.1) is 0 Å². The maximum Gasteiger partial charge on any atom is 0.247 e. The number of hydrogen-bond donors (Lipinski definition) is 5. The number of carbonyl (C=O) groups is 1. The molecule has 1 aliphatic heterocycles. The highest BCUT2D eigenvalue weighted by atomic mass is 16.7. The average Bonchev–Trinajstić information content (AvgIpc) is 3.24. The molecule has 1 aromatic rings. The van der Waals surface area contributed by atoms with E-state index >= 15 is 0 Å². The number of amides is 1. The van der Waals surface area contributed by atoms with Crippen molar-refractivity contribution in [3.05, 3.63) is 47.6 Å². The molecule has 3 rings (SSSR count). The van der Waals surface area contributed by atoms with E-state index in [0.717, 1.165) is 0 Å². The van der Waals surface area contributed by atoms with Gasteiger partial charge >= 0.3 is 0 Å². The first-order valence-electron chi connectivity index (χ1n) is 9.61. The molecule has 5 N–H and O–H groups in total. The molecular formula is C21H27NO8. The normalized spacial score (nSPS) is 31.2. The van der Waals surface area contributed by atoms with Crippen LogP contribution in [0.4, 0.5) is 0 Å². The zero-order chi connectivity index (χ0) is 21.8. The molecule has 1 aromatic carbocycles. The number of carbonyl (C=O) groups excluding carboxylic acids is 1. The van der Waals surface area contributed by atoms with Crippen LogP contribution >= 0.6 is 0 Å². The summed E-state index contributed by atoms with van der Waals surface area (Å²) in [7, 11) is 0. The monoisotopic (exact) mass is 421 g/mol. The zero-order valence-corrected chi connectivity index (χ0v) is 16.6. The molecule has 6 atom stereocenters. The van der Waals surface area contributed by atoms with Crippen LogP contribution in [0.3, 0.4) is 0 Å². The third kappa shape index (κ3) is 4.56. The van der Waals surface area contributed by atoms with E-state index in [0.29, 0.717) is 29.1 Å². The number of nitrogens with one attached hydrogen (secondary N) is 1. The highest BCUT2D eigenvalue weighted by molar-refractivity contribution is 5.97. The Hall–Kier alpha value is -2.27. The number of ether oxygens (including phenoxy) is 3. The number of hydrogen-bond acceptors (Lipinski definition) is 8. The molecule has 1 aliphatic carbocycles. The van der Waals surface area contributed by atoms with Gasteiger partial charge in [-0.2, -0.15) is 0 Å². The van der Waals surface area contributed by atoms with Gasteiger partial charge in [0.2, 0.25) is 5.91 Å². The first-order chi connectivity index (χ1) is 14.4. The Bertz CT molecular complexity index is 810. The van der Waals surface area contributed by atoms with E-state index in [9.17, 15) is 25.2 Å². The molecule has 9 heteroatoms. The van der Waals surface area contributed by atoms with Crippen molar-refractivity contribution in [1.82, 2.24) is 5.32 Å². The van der Waals surface area contributed by atoms with Crippen LogP contribution in [-0.2, 0) is 20.9 Å². The second kappa shape index (κ2) is 9.69. The van der Waals surface area contributed by atoms with E-state index in [4.69, 9.17) is 14.2 Å². The van der Waals surface area contributed by atoms with Gasteiger partial charge in [0.1, 0.15) is 49.7 Å². The third-order valence-corrected chi connectivity index (χ3v) is 5.25. The van der Waals surface area contributed by atoms with Gasteiger partial charge in [-0.3, -0.25) is 4.79 Å². The van der Waals surface area contributed by atoms with Crippen LogP contribution in [0.15, 0.2) is 36.4 Å². The van der Waals surface area contributed by atoms with E-state index in [1.807, 2.05) is 0 Å². The lowest BCUT2D eigenvalue weighted by Gasteiger charge is -2.41. The van der Waals surface area contributed by atoms with Crippen LogP contribution in [-0.4, -0.2) is 76.3 Å². The maximum absolute atomic E-state index is 12.6. The molecule has 0 bridgehead atoms. The second-order valence-corrected chi connectivity index (χ2v) is 7.30. The Morgan fingerprint density at radius 3 is 2.60 bits per heavy atom. The van der Waals surface area contributed by atoms with Crippen molar-refractivity contribution in [3.63, 3.8) is 0 Å². The number of fused-ring (bicyclic) bond motifs is 1. The molecule has 2 fully saturated rings. The maximum atomic E-state index is 12.6. The Kier molecular flexibility index (Phi) is 7.24. The summed E-state index contributed by atoms with van der Waals surface area (Å²) < 4.78 is 15.9. The second-order valence-electron chi connectivity index (χ2n) is 7.30.